The second-order valence-corrected chi connectivity index (χ2v) is 8.69. The van der Waals surface area contributed by atoms with Gasteiger partial charge in [0.15, 0.2) is 0 Å². The first kappa shape index (κ1) is 18.7. The summed E-state index contributed by atoms with van der Waals surface area (Å²) in [5.41, 5.74) is 6.91. The molecule has 30 heavy (non-hydrogen) atoms. The number of likely N-dealkylation sites (tertiary alicyclic amines) is 1. The number of ether oxygens (including phenoxy) is 1. The number of carbonyl (C=O) groups is 3. The molecule has 2 heterocycles. The molecule has 154 valence electrons. The van der Waals surface area contributed by atoms with Crippen LogP contribution in [0.4, 0.5) is 0 Å². The number of nitrogens with zero attached hydrogens (tertiary/aromatic N) is 2. The highest BCUT2D eigenvalue weighted by Gasteiger charge is 2.64. The van der Waals surface area contributed by atoms with E-state index in [0.29, 0.717) is 30.0 Å². The van der Waals surface area contributed by atoms with Gasteiger partial charge in [0.25, 0.3) is 5.91 Å². The Balaban J connectivity index is 1.30. The second kappa shape index (κ2) is 6.58. The first-order chi connectivity index (χ1) is 14.4. The normalized spacial score (nSPS) is 26.4. The first-order valence-electron chi connectivity index (χ1n) is 10.1. The van der Waals surface area contributed by atoms with Crippen LogP contribution in [0.25, 0.3) is 0 Å². The zero-order valence-corrected chi connectivity index (χ0v) is 16.7. The summed E-state index contributed by atoms with van der Waals surface area (Å²) in [4.78, 5) is 40.9. The van der Waals surface area contributed by atoms with E-state index in [2.05, 4.69) is 6.92 Å². The van der Waals surface area contributed by atoms with Crippen LogP contribution in [0.5, 0.6) is 11.5 Å². The van der Waals surface area contributed by atoms with Gasteiger partial charge >= 0.3 is 0 Å². The van der Waals surface area contributed by atoms with Crippen molar-refractivity contribution in [2.24, 2.45) is 11.1 Å². The lowest BCUT2D eigenvalue weighted by molar-refractivity contribution is -0.139. The molecule has 0 bridgehead atoms. The van der Waals surface area contributed by atoms with Crippen molar-refractivity contribution in [3.8, 4) is 11.5 Å². The lowest BCUT2D eigenvalue weighted by Crippen LogP contribution is -2.49. The third kappa shape index (κ3) is 3.01. The highest BCUT2D eigenvalue weighted by molar-refractivity contribution is 6.01. The van der Waals surface area contributed by atoms with Crippen LogP contribution >= 0.6 is 0 Å². The molecule has 0 aromatic heterocycles. The standard InChI is InChI=1S/C23H23N3O4/c1-23-10-18(21(24)28)26(19(23)11-23)20(27)13-25-12-14-7-8-16(9-17(14)22(25)29)30-15-5-3-2-4-6-15/h2-9,18-19H,10-13H2,1H3,(H2,24,28). The summed E-state index contributed by atoms with van der Waals surface area (Å²) in [7, 11) is 0. The molecule has 3 atom stereocenters. The van der Waals surface area contributed by atoms with Gasteiger partial charge in [-0.25, -0.2) is 0 Å². The lowest BCUT2D eigenvalue weighted by atomic mass is 10.0. The minimum Gasteiger partial charge on any atom is -0.457 e. The number of carbonyl (C=O) groups excluding carboxylic acids is 3. The number of nitrogens with two attached hydrogens (primary N) is 1. The fourth-order valence-electron chi connectivity index (χ4n) is 4.78. The lowest BCUT2D eigenvalue weighted by Gasteiger charge is -2.27. The summed E-state index contributed by atoms with van der Waals surface area (Å²) >= 11 is 0. The van der Waals surface area contributed by atoms with Crippen LogP contribution in [-0.4, -0.2) is 46.1 Å². The van der Waals surface area contributed by atoms with E-state index in [4.69, 9.17) is 10.5 Å². The fraction of sp³-hybridized carbons (Fsp3) is 0.348. The molecule has 3 aliphatic rings. The summed E-state index contributed by atoms with van der Waals surface area (Å²) in [5.74, 6) is 0.366. The fourth-order valence-corrected chi connectivity index (χ4v) is 4.78. The number of primary amides is 1. The SMILES string of the molecule is CC12CC(C(N)=O)N(C(=O)CN3Cc4ccc(Oc5ccccc5)cc4C3=O)C1C2. The predicted molar refractivity (Wildman–Crippen MR) is 109 cm³/mol. The van der Waals surface area contributed by atoms with E-state index in [-0.39, 0.29) is 29.8 Å². The van der Waals surface area contributed by atoms with E-state index < -0.39 is 11.9 Å². The molecule has 3 unspecified atom stereocenters. The van der Waals surface area contributed by atoms with Gasteiger partial charge in [-0.05, 0) is 48.1 Å². The maximum atomic E-state index is 13.0. The second-order valence-electron chi connectivity index (χ2n) is 8.69. The topological polar surface area (TPSA) is 92.9 Å². The van der Waals surface area contributed by atoms with Crippen LogP contribution in [0.1, 0.15) is 35.7 Å². The molecule has 3 amide bonds. The minimum absolute atomic E-state index is 0.0168. The Hall–Kier alpha value is -3.35. The zero-order chi connectivity index (χ0) is 21.0. The predicted octanol–water partition coefficient (Wildman–Crippen LogP) is 2.30. The van der Waals surface area contributed by atoms with Gasteiger partial charge in [-0.15, -0.1) is 0 Å². The van der Waals surface area contributed by atoms with Crippen molar-refractivity contribution in [3.05, 3.63) is 59.7 Å². The maximum Gasteiger partial charge on any atom is 0.255 e. The van der Waals surface area contributed by atoms with Crippen LogP contribution in [0.2, 0.25) is 0 Å². The maximum absolute atomic E-state index is 13.0. The molecule has 2 aromatic carbocycles. The van der Waals surface area contributed by atoms with Gasteiger partial charge in [-0.2, -0.15) is 0 Å². The summed E-state index contributed by atoms with van der Waals surface area (Å²) in [5, 5.41) is 0. The van der Waals surface area contributed by atoms with Crippen molar-refractivity contribution >= 4 is 17.7 Å². The quantitative estimate of drug-likeness (QED) is 0.826. The van der Waals surface area contributed by atoms with E-state index in [1.54, 1.807) is 11.0 Å². The molecule has 7 nitrogen and oxygen atoms in total. The molecule has 2 aliphatic heterocycles. The average Bonchev–Trinajstić information content (AvgIpc) is 3.14. The van der Waals surface area contributed by atoms with Gasteiger partial charge in [0.1, 0.15) is 24.1 Å². The van der Waals surface area contributed by atoms with Crippen molar-refractivity contribution in [1.82, 2.24) is 9.80 Å². The summed E-state index contributed by atoms with van der Waals surface area (Å²) in [6.45, 7) is 2.38. The first-order valence-corrected chi connectivity index (χ1v) is 10.1. The monoisotopic (exact) mass is 405 g/mol. The molecular weight excluding hydrogens is 382 g/mol. The van der Waals surface area contributed by atoms with Crippen molar-refractivity contribution in [2.45, 2.75) is 38.4 Å². The van der Waals surface area contributed by atoms with Gasteiger partial charge in [0.05, 0.1) is 0 Å². The van der Waals surface area contributed by atoms with Gasteiger partial charge in [0, 0.05) is 18.2 Å². The Morgan fingerprint density at radius 2 is 1.90 bits per heavy atom. The summed E-state index contributed by atoms with van der Waals surface area (Å²) < 4.78 is 5.82. The zero-order valence-electron chi connectivity index (χ0n) is 16.7. The third-order valence-electron chi connectivity index (χ3n) is 6.52. The van der Waals surface area contributed by atoms with Crippen LogP contribution in [0.3, 0.4) is 0 Å². The van der Waals surface area contributed by atoms with E-state index in [1.165, 1.54) is 4.90 Å². The van der Waals surface area contributed by atoms with Crippen molar-refractivity contribution in [3.63, 3.8) is 0 Å². The number of benzene rings is 2. The number of para-hydroxylation sites is 1. The molecule has 2 fully saturated rings. The molecule has 5 rings (SSSR count). The van der Waals surface area contributed by atoms with Crippen LogP contribution < -0.4 is 10.5 Å². The number of piperidine rings is 1. The molecule has 2 aromatic rings. The van der Waals surface area contributed by atoms with Crippen molar-refractivity contribution in [1.29, 1.82) is 0 Å². The van der Waals surface area contributed by atoms with Crippen molar-refractivity contribution < 1.29 is 19.1 Å². The van der Waals surface area contributed by atoms with Crippen LogP contribution in [0, 0.1) is 5.41 Å². The highest BCUT2D eigenvalue weighted by atomic mass is 16.5. The highest BCUT2D eigenvalue weighted by Crippen LogP contribution is 2.59. The minimum atomic E-state index is -0.577. The van der Waals surface area contributed by atoms with Gasteiger partial charge in [-0.3, -0.25) is 14.4 Å². The third-order valence-corrected chi connectivity index (χ3v) is 6.52. The Labute approximate surface area is 174 Å². The smallest absolute Gasteiger partial charge is 0.255 e. The van der Waals surface area contributed by atoms with E-state index >= 15 is 0 Å². The number of hydrogen-bond donors (Lipinski definition) is 1. The van der Waals surface area contributed by atoms with Crippen molar-refractivity contribution in [2.75, 3.05) is 6.54 Å². The Morgan fingerprint density at radius 1 is 1.13 bits per heavy atom. The molecule has 1 saturated carbocycles. The number of rotatable bonds is 5. The average molecular weight is 405 g/mol. The van der Waals surface area contributed by atoms with Crippen LogP contribution in [0.15, 0.2) is 48.5 Å². The van der Waals surface area contributed by atoms with E-state index in [1.807, 2.05) is 42.5 Å². The van der Waals surface area contributed by atoms with Crippen LogP contribution in [-0.2, 0) is 16.1 Å². The largest absolute Gasteiger partial charge is 0.457 e. The Kier molecular flexibility index (Phi) is 4.10. The number of hydrogen-bond acceptors (Lipinski definition) is 4. The number of fused-ring (bicyclic) bond motifs is 2. The van der Waals surface area contributed by atoms with Gasteiger partial charge in [-0.1, -0.05) is 31.2 Å². The molecule has 0 spiro atoms. The molecular formula is C23H23N3O4. The van der Waals surface area contributed by atoms with E-state index in [9.17, 15) is 14.4 Å². The van der Waals surface area contributed by atoms with E-state index in [0.717, 1.165) is 12.0 Å². The molecule has 1 saturated heterocycles. The Bertz CT molecular complexity index is 1050. The Morgan fingerprint density at radius 3 is 2.63 bits per heavy atom. The summed E-state index contributed by atoms with van der Waals surface area (Å²) in [6.07, 6.45) is 1.49. The number of amides is 3. The molecule has 7 heteroatoms. The van der Waals surface area contributed by atoms with Gasteiger partial charge in [0.2, 0.25) is 11.8 Å². The van der Waals surface area contributed by atoms with Gasteiger partial charge < -0.3 is 20.3 Å². The summed E-state index contributed by atoms with van der Waals surface area (Å²) in [6, 6.07) is 14.2. The molecule has 2 N–H and O–H groups in total. The molecule has 1 aliphatic carbocycles. The molecule has 0 radical (unpaired) electrons.